The first-order chi connectivity index (χ1) is 11.2. The Morgan fingerprint density at radius 3 is 2.74 bits per heavy atom. The van der Waals surface area contributed by atoms with Gasteiger partial charge in [0.2, 0.25) is 6.79 Å². The first-order valence-electron chi connectivity index (χ1n) is 7.39. The highest BCUT2D eigenvalue weighted by Gasteiger charge is 2.19. The van der Waals surface area contributed by atoms with Gasteiger partial charge in [0.25, 0.3) is 0 Å². The van der Waals surface area contributed by atoms with Crippen LogP contribution in [-0.2, 0) is 0 Å². The van der Waals surface area contributed by atoms with Gasteiger partial charge in [0.05, 0.1) is 18.3 Å². The molecule has 0 amide bonds. The second-order valence-electron chi connectivity index (χ2n) is 5.44. The summed E-state index contributed by atoms with van der Waals surface area (Å²) in [6, 6.07) is 12.6. The molecule has 5 heteroatoms. The van der Waals surface area contributed by atoms with Crippen LogP contribution >= 0.6 is 0 Å². The van der Waals surface area contributed by atoms with Crippen molar-refractivity contribution in [2.45, 2.75) is 12.5 Å². The van der Waals surface area contributed by atoms with Crippen LogP contribution in [0.15, 0.2) is 54.6 Å². The normalized spacial score (nSPS) is 13.6. The van der Waals surface area contributed by atoms with E-state index in [4.69, 9.17) is 9.47 Å². The van der Waals surface area contributed by atoms with E-state index in [1.807, 2.05) is 24.3 Å². The number of aromatic hydroxyl groups is 1. The maximum Gasteiger partial charge on any atom is 0.231 e. The number of phenols is 1. The number of benzene rings is 2. The first-order valence-corrected chi connectivity index (χ1v) is 7.39. The molecule has 0 saturated heterocycles. The van der Waals surface area contributed by atoms with Crippen molar-refractivity contribution in [3.05, 3.63) is 60.2 Å². The molecule has 2 aromatic rings. The molecule has 5 nitrogen and oxygen atoms in total. The monoisotopic (exact) mass is 313 g/mol. The number of aliphatic hydroxyl groups excluding tert-OH is 1. The molecule has 1 aliphatic heterocycles. The summed E-state index contributed by atoms with van der Waals surface area (Å²) in [6.45, 7) is 4.01. The van der Waals surface area contributed by atoms with Crippen molar-refractivity contribution >= 4 is 5.69 Å². The van der Waals surface area contributed by atoms with Crippen LogP contribution in [0, 0.1) is 0 Å². The number of rotatable bonds is 6. The fourth-order valence-electron chi connectivity index (χ4n) is 2.52. The molecule has 1 atom stereocenters. The van der Waals surface area contributed by atoms with Gasteiger partial charge in [-0.3, -0.25) is 0 Å². The molecule has 0 spiro atoms. The number of hydrogen-bond donors (Lipinski definition) is 3. The van der Waals surface area contributed by atoms with Gasteiger partial charge in [0.15, 0.2) is 11.5 Å². The van der Waals surface area contributed by atoms with Crippen molar-refractivity contribution < 1.29 is 19.7 Å². The molecule has 0 aromatic heterocycles. The Bertz CT molecular complexity index is 714. The number of aliphatic hydroxyl groups is 1. The SMILES string of the molecule is C=C(CO)C[C@H](Nc1ccccc1O)c1ccc2c(c1)OCO2. The molecule has 0 unspecified atom stereocenters. The third-order valence-electron chi connectivity index (χ3n) is 3.75. The van der Waals surface area contributed by atoms with Crippen molar-refractivity contribution in [3.63, 3.8) is 0 Å². The van der Waals surface area contributed by atoms with Gasteiger partial charge in [-0.2, -0.15) is 0 Å². The van der Waals surface area contributed by atoms with Gasteiger partial charge in [-0.05, 0) is 41.8 Å². The van der Waals surface area contributed by atoms with E-state index in [2.05, 4.69) is 11.9 Å². The van der Waals surface area contributed by atoms with Gasteiger partial charge in [-0.15, -0.1) is 0 Å². The number of ether oxygens (including phenoxy) is 2. The highest BCUT2D eigenvalue weighted by molar-refractivity contribution is 5.57. The lowest BCUT2D eigenvalue weighted by Gasteiger charge is -2.22. The molecule has 0 aliphatic carbocycles. The number of para-hydroxylation sites is 2. The van der Waals surface area contributed by atoms with E-state index in [9.17, 15) is 10.2 Å². The largest absolute Gasteiger partial charge is 0.506 e. The molecular weight excluding hydrogens is 294 g/mol. The van der Waals surface area contributed by atoms with Crippen LogP contribution in [0.2, 0.25) is 0 Å². The quantitative estimate of drug-likeness (QED) is 0.564. The summed E-state index contributed by atoms with van der Waals surface area (Å²) in [4.78, 5) is 0. The average molecular weight is 313 g/mol. The molecule has 0 fully saturated rings. The average Bonchev–Trinajstić information content (AvgIpc) is 3.03. The minimum absolute atomic E-state index is 0.0799. The van der Waals surface area contributed by atoms with E-state index in [1.54, 1.807) is 18.2 Å². The van der Waals surface area contributed by atoms with E-state index in [1.165, 1.54) is 0 Å². The molecule has 3 N–H and O–H groups in total. The van der Waals surface area contributed by atoms with Gasteiger partial charge in [0, 0.05) is 0 Å². The summed E-state index contributed by atoms with van der Waals surface area (Å²) in [5, 5.41) is 22.6. The number of hydrogen-bond acceptors (Lipinski definition) is 5. The fraction of sp³-hybridized carbons (Fsp3) is 0.222. The second kappa shape index (κ2) is 6.62. The van der Waals surface area contributed by atoms with Crippen molar-refractivity contribution in [2.75, 3.05) is 18.7 Å². The summed E-state index contributed by atoms with van der Waals surface area (Å²) < 4.78 is 10.8. The number of anilines is 1. The van der Waals surface area contributed by atoms with Crippen LogP contribution in [0.25, 0.3) is 0 Å². The molecule has 1 heterocycles. The Balaban J connectivity index is 1.89. The zero-order valence-electron chi connectivity index (χ0n) is 12.7. The van der Waals surface area contributed by atoms with Crippen molar-refractivity contribution in [2.24, 2.45) is 0 Å². The van der Waals surface area contributed by atoms with Crippen LogP contribution in [0.3, 0.4) is 0 Å². The molecule has 0 saturated carbocycles. The lowest BCUT2D eigenvalue weighted by molar-refractivity contribution is 0.174. The van der Waals surface area contributed by atoms with Crippen LogP contribution < -0.4 is 14.8 Å². The van der Waals surface area contributed by atoms with Gasteiger partial charge in [-0.1, -0.05) is 24.8 Å². The Morgan fingerprint density at radius 1 is 1.17 bits per heavy atom. The third kappa shape index (κ3) is 3.40. The summed E-state index contributed by atoms with van der Waals surface area (Å²) in [7, 11) is 0. The Labute approximate surface area is 134 Å². The van der Waals surface area contributed by atoms with Crippen molar-refractivity contribution in [3.8, 4) is 17.2 Å². The third-order valence-corrected chi connectivity index (χ3v) is 3.75. The van der Waals surface area contributed by atoms with Crippen LogP contribution in [0.5, 0.6) is 17.2 Å². The minimum Gasteiger partial charge on any atom is -0.506 e. The summed E-state index contributed by atoms with van der Waals surface area (Å²) in [5.74, 6) is 1.59. The van der Waals surface area contributed by atoms with Crippen LogP contribution in [0.4, 0.5) is 5.69 Å². The predicted molar refractivity (Wildman–Crippen MR) is 87.9 cm³/mol. The standard InChI is InChI=1S/C18H19NO4/c1-12(10-20)8-15(19-14-4-2-3-5-16(14)21)13-6-7-17-18(9-13)23-11-22-17/h2-7,9,15,19-21H,1,8,10-11H2/t15-/m0/s1. The Hall–Kier alpha value is -2.66. The Morgan fingerprint density at radius 2 is 1.96 bits per heavy atom. The molecule has 3 rings (SSSR count). The molecular formula is C18H19NO4. The topological polar surface area (TPSA) is 71.0 Å². The zero-order chi connectivity index (χ0) is 16.2. The number of nitrogens with one attached hydrogen (secondary N) is 1. The zero-order valence-corrected chi connectivity index (χ0v) is 12.7. The minimum atomic E-state index is -0.155. The summed E-state index contributed by atoms with van der Waals surface area (Å²) in [5.41, 5.74) is 2.29. The van der Waals surface area contributed by atoms with Crippen LogP contribution in [0.1, 0.15) is 18.0 Å². The van der Waals surface area contributed by atoms with Gasteiger partial charge < -0.3 is 25.0 Å². The van der Waals surface area contributed by atoms with Gasteiger partial charge in [-0.25, -0.2) is 0 Å². The predicted octanol–water partition coefficient (Wildman–Crippen LogP) is 3.21. The highest BCUT2D eigenvalue weighted by Crippen LogP contribution is 2.37. The Kier molecular flexibility index (Phi) is 4.39. The first kappa shape index (κ1) is 15.2. The van der Waals surface area contributed by atoms with Crippen molar-refractivity contribution in [1.82, 2.24) is 0 Å². The van der Waals surface area contributed by atoms with E-state index < -0.39 is 0 Å². The number of phenolic OH excluding ortho intramolecular Hbond substituents is 1. The van der Waals surface area contributed by atoms with Crippen LogP contribution in [-0.4, -0.2) is 23.6 Å². The van der Waals surface area contributed by atoms with E-state index >= 15 is 0 Å². The van der Waals surface area contributed by atoms with Crippen molar-refractivity contribution in [1.29, 1.82) is 0 Å². The van der Waals surface area contributed by atoms with Gasteiger partial charge >= 0.3 is 0 Å². The maximum atomic E-state index is 9.97. The summed E-state index contributed by atoms with van der Waals surface area (Å²) in [6.07, 6.45) is 0.532. The molecule has 120 valence electrons. The second-order valence-corrected chi connectivity index (χ2v) is 5.44. The molecule has 23 heavy (non-hydrogen) atoms. The van der Waals surface area contributed by atoms with E-state index in [0.717, 1.165) is 11.3 Å². The molecule has 2 aromatic carbocycles. The molecule has 0 bridgehead atoms. The smallest absolute Gasteiger partial charge is 0.231 e. The van der Waals surface area contributed by atoms with Gasteiger partial charge in [0.1, 0.15) is 5.75 Å². The summed E-state index contributed by atoms with van der Waals surface area (Å²) >= 11 is 0. The molecule has 0 radical (unpaired) electrons. The lowest BCUT2D eigenvalue weighted by Crippen LogP contribution is -2.12. The lowest BCUT2D eigenvalue weighted by atomic mass is 9.99. The number of fused-ring (bicyclic) bond motifs is 1. The highest BCUT2D eigenvalue weighted by atomic mass is 16.7. The maximum absolute atomic E-state index is 9.97. The van der Waals surface area contributed by atoms with E-state index in [0.29, 0.717) is 23.4 Å². The molecule has 1 aliphatic rings. The van der Waals surface area contributed by atoms with E-state index in [-0.39, 0.29) is 25.2 Å². The fourth-order valence-corrected chi connectivity index (χ4v) is 2.52.